The molecule has 0 atom stereocenters. The summed E-state index contributed by atoms with van der Waals surface area (Å²) in [6.07, 6.45) is 0. The van der Waals surface area contributed by atoms with Gasteiger partial charge in [0.1, 0.15) is 22.3 Å². The molecular formula is C133H98O2S5. The average molecular weight is 1890 g/mol. The molecule has 2 nitrogen and oxygen atoms in total. The van der Waals surface area contributed by atoms with Crippen LogP contribution in [0.1, 0.15) is 38.9 Å². The van der Waals surface area contributed by atoms with Gasteiger partial charge < -0.3 is 8.83 Å². The summed E-state index contributed by atoms with van der Waals surface area (Å²) in [5.74, 6) is 0. The summed E-state index contributed by atoms with van der Waals surface area (Å²) in [4.78, 5) is 0. The van der Waals surface area contributed by atoms with Gasteiger partial charge in [0.05, 0.1) is 0 Å². The van der Waals surface area contributed by atoms with E-state index in [0.29, 0.717) is 0 Å². The number of hydrogen-bond acceptors (Lipinski definition) is 7. The molecular weight excluding hydrogens is 1790 g/mol. The summed E-state index contributed by atoms with van der Waals surface area (Å²) < 4.78 is 25.9. The summed E-state index contributed by atoms with van der Waals surface area (Å²) >= 11 is 9.38. The van der Waals surface area contributed by atoms with E-state index in [1.165, 1.54) is 228 Å². The smallest absolute Gasteiger partial charge is 0.143 e. The zero-order chi connectivity index (χ0) is 94.7. The van der Waals surface area contributed by atoms with Crippen molar-refractivity contribution in [2.75, 3.05) is 0 Å². The minimum Gasteiger partial charge on any atom is -0.455 e. The molecule has 0 saturated carbocycles. The van der Waals surface area contributed by atoms with Gasteiger partial charge in [0.2, 0.25) is 0 Å². The summed E-state index contributed by atoms with van der Waals surface area (Å²) in [6, 6.07) is 167. The van der Waals surface area contributed by atoms with Crippen LogP contribution >= 0.6 is 56.7 Å². The van der Waals surface area contributed by atoms with Gasteiger partial charge in [-0.1, -0.05) is 416 Å². The molecule has 0 aliphatic carbocycles. The number of para-hydroxylation sites is 4. The van der Waals surface area contributed by atoms with E-state index in [1.54, 1.807) is 0 Å². The first kappa shape index (κ1) is 89.5. The first-order valence-corrected chi connectivity index (χ1v) is 51.7. The van der Waals surface area contributed by atoms with Crippen LogP contribution in [0.3, 0.4) is 0 Å². The van der Waals surface area contributed by atoms with Gasteiger partial charge in [0.15, 0.2) is 0 Å². The molecule has 7 heteroatoms. The first-order valence-electron chi connectivity index (χ1n) is 47.6. The molecule has 0 aliphatic heterocycles. The highest BCUT2D eigenvalue weighted by Crippen LogP contribution is 2.46. The Morgan fingerprint density at radius 2 is 0.414 bits per heavy atom. The van der Waals surface area contributed by atoms with Crippen LogP contribution in [-0.2, 0) is 0 Å². The van der Waals surface area contributed by atoms with E-state index in [4.69, 9.17) is 8.83 Å². The zero-order valence-corrected chi connectivity index (χ0v) is 82.9. The van der Waals surface area contributed by atoms with E-state index in [0.717, 1.165) is 33.5 Å². The van der Waals surface area contributed by atoms with Gasteiger partial charge in [0, 0.05) is 134 Å². The number of benzene rings is 21. The second-order valence-electron chi connectivity index (χ2n) is 36.0. The Labute approximate surface area is 835 Å². The van der Waals surface area contributed by atoms with Crippen LogP contribution in [0.5, 0.6) is 0 Å². The Morgan fingerprint density at radius 3 is 0.864 bits per heavy atom. The Bertz CT molecular complexity index is 9240. The predicted octanol–water partition coefficient (Wildman–Crippen LogP) is 41.3. The number of thiophene rings is 5. The maximum Gasteiger partial charge on any atom is 0.143 e. The van der Waals surface area contributed by atoms with Gasteiger partial charge >= 0.3 is 0 Å². The van der Waals surface area contributed by atoms with Crippen molar-refractivity contribution in [3.63, 3.8) is 0 Å². The van der Waals surface area contributed by atoms with Crippen molar-refractivity contribution in [1.82, 2.24) is 0 Å². The lowest BCUT2D eigenvalue weighted by atomic mass is 9.98. The van der Waals surface area contributed by atoms with Crippen LogP contribution in [0.4, 0.5) is 0 Å². The van der Waals surface area contributed by atoms with Crippen LogP contribution in [0, 0.1) is 48.5 Å². The molecule has 0 amide bonds. The van der Waals surface area contributed by atoms with Crippen LogP contribution in [0.25, 0.3) is 223 Å². The normalized spacial score (nSPS) is 11.2. The van der Waals surface area contributed by atoms with Crippen molar-refractivity contribution in [1.29, 1.82) is 0 Å². The van der Waals surface area contributed by atoms with Crippen LogP contribution in [0.15, 0.2) is 476 Å². The number of furan rings is 2. The lowest BCUT2D eigenvalue weighted by molar-refractivity contribution is 0.669. The highest BCUT2D eigenvalue weighted by molar-refractivity contribution is 7.27. The Kier molecular flexibility index (Phi) is 25.5. The topological polar surface area (TPSA) is 26.3 Å². The molecule has 0 bridgehead atoms. The summed E-state index contributed by atoms with van der Waals surface area (Å²) in [7, 11) is 0. The molecule has 7 aromatic heterocycles. The van der Waals surface area contributed by atoms with Crippen LogP contribution < -0.4 is 0 Å². The minimum atomic E-state index is 0.947. The van der Waals surface area contributed by atoms with E-state index < -0.39 is 0 Å². The molecule has 0 spiro atoms. The maximum absolute atomic E-state index is 6.09. The summed E-state index contributed by atoms with van der Waals surface area (Å²) in [5, 5.41) is 18.4. The number of hydrogen-bond donors (Lipinski definition) is 0. The average Bonchev–Trinajstić information content (AvgIpc) is 1.64. The molecule has 28 aromatic rings. The van der Waals surface area contributed by atoms with Gasteiger partial charge in [-0.05, 0) is 205 Å². The van der Waals surface area contributed by atoms with Gasteiger partial charge in [-0.25, -0.2) is 0 Å². The van der Waals surface area contributed by atoms with Crippen molar-refractivity contribution in [3.05, 3.63) is 506 Å². The third-order valence-electron chi connectivity index (χ3n) is 26.4. The summed E-state index contributed by atoms with van der Waals surface area (Å²) in [6.45, 7) is 15.0. The highest BCUT2D eigenvalue weighted by Gasteiger charge is 2.19. The van der Waals surface area contributed by atoms with E-state index in [2.05, 4.69) is 491 Å². The molecule has 7 heterocycles. The van der Waals surface area contributed by atoms with Crippen molar-refractivity contribution < 1.29 is 8.83 Å². The molecule has 0 N–H and O–H groups in total. The molecule has 0 fully saturated rings. The van der Waals surface area contributed by atoms with Crippen molar-refractivity contribution >= 4 is 201 Å². The molecule has 0 saturated heterocycles. The van der Waals surface area contributed by atoms with Crippen molar-refractivity contribution in [2.45, 2.75) is 48.5 Å². The molecule has 21 aromatic carbocycles. The third-order valence-corrected chi connectivity index (χ3v) is 32.3. The lowest BCUT2D eigenvalue weighted by Gasteiger charge is -2.06. The van der Waals surface area contributed by atoms with Gasteiger partial charge in [-0.15, -0.1) is 56.7 Å². The molecule has 0 unspecified atom stereocenters. The molecule has 672 valence electrons. The first-order chi connectivity index (χ1) is 68.8. The van der Waals surface area contributed by atoms with Crippen molar-refractivity contribution in [2.24, 2.45) is 0 Å². The predicted molar refractivity (Wildman–Crippen MR) is 615 cm³/mol. The Balaban J connectivity index is 0.0000000939. The number of aryl methyl sites for hydroxylation is 7. The Hall–Kier alpha value is -15.7. The number of rotatable bonds is 7. The minimum absolute atomic E-state index is 0.947. The van der Waals surface area contributed by atoms with Gasteiger partial charge in [-0.3, -0.25) is 0 Å². The standard InChI is InChI=1S/2C19H14O.5C19H14S/c1-13-6-4-7-14(12-13)15-9-5-10-17-16-8-2-3-11-18(16)20-19(15)17;1-13-7-2-3-8-14(13)16-10-6-11-17-15-9-4-5-12-18(15)20-19(16)17;1-13-6-4-7-14(12-13)15-9-5-10-17-16-8-2-3-11-18(16)20-19(15)17;1-13-5-4-6-14(11-13)15-9-10-19-17(12-15)16-7-2-3-8-18(16)20-19;1-13-6-2-3-7-15(13)14-10-11-19-17(12-14)16-8-4-5-9-18(16)20-19;1-13-9-11-14(12-10-13)15-6-4-7-17-16-5-2-3-8-18(16)20-19(15)17;1-13-6-8-14(9-7-13)15-10-11-19-17(12-15)16-4-2-3-5-18(16)20-19/h7*2-12H,1H3. The molecule has 0 radical (unpaired) electrons. The van der Waals surface area contributed by atoms with Crippen LogP contribution in [-0.4, -0.2) is 0 Å². The fraction of sp³-hybridized carbons (Fsp3) is 0.0526. The molecule has 140 heavy (non-hydrogen) atoms. The van der Waals surface area contributed by atoms with Gasteiger partial charge in [-0.2, -0.15) is 0 Å². The largest absolute Gasteiger partial charge is 0.455 e. The molecule has 0 aliphatic rings. The van der Waals surface area contributed by atoms with E-state index in [1.807, 2.05) is 80.9 Å². The summed E-state index contributed by atoms with van der Waals surface area (Å²) in [5.41, 5.74) is 30.7. The van der Waals surface area contributed by atoms with E-state index in [9.17, 15) is 0 Å². The monoisotopic (exact) mass is 1890 g/mol. The fourth-order valence-electron chi connectivity index (χ4n) is 19.3. The van der Waals surface area contributed by atoms with Crippen molar-refractivity contribution in [3.8, 4) is 77.9 Å². The van der Waals surface area contributed by atoms with Gasteiger partial charge in [0.25, 0.3) is 0 Å². The second kappa shape index (κ2) is 39.8. The zero-order valence-electron chi connectivity index (χ0n) is 78.8. The van der Waals surface area contributed by atoms with E-state index in [-0.39, 0.29) is 0 Å². The van der Waals surface area contributed by atoms with E-state index >= 15 is 0 Å². The number of fused-ring (bicyclic) bond motifs is 21. The molecule has 28 rings (SSSR count). The third kappa shape index (κ3) is 18.5. The maximum atomic E-state index is 6.09. The SMILES string of the molecule is Cc1ccc(-c2ccc3sc4ccccc4c3c2)cc1.Cc1ccc(-c2cccc3c2sc2ccccc23)cc1.Cc1cccc(-c2ccc3sc4ccccc4c3c2)c1.Cc1cccc(-c2cccc3c2oc2ccccc23)c1.Cc1cccc(-c2cccc3c2sc2ccccc23)c1.Cc1ccccc1-c1ccc2sc3ccccc3c2c1.Cc1ccccc1-c1cccc2c1oc1ccccc12. The van der Waals surface area contributed by atoms with Crippen LogP contribution in [0.2, 0.25) is 0 Å². The Morgan fingerprint density at radius 1 is 0.143 bits per heavy atom. The second-order valence-corrected chi connectivity index (χ2v) is 41.4. The fourth-order valence-corrected chi connectivity index (χ4v) is 25.0. The lowest BCUT2D eigenvalue weighted by Crippen LogP contribution is -1.82. The highest BCUT2D eigenvalue weighted by atomic mass is 32.1. The quantitative estimate of drug-likeness (QED) is 0.159.